The van der Waals surface area contributed by atoms with Gasteiger partial charge in [0.25, 0.3) is 5.56 Å². The molecule has 0 radical (unpaired) electrons. The van der Waals surface area contributed by atoms with Crippen molar-refractivity contribution >= 4 is 5.95 Å². The monoisotopic (exact) mass is 299 g/mol. The number of piperidine rings is 1. The molecule has 1 unspecified atom stereocenters. The highest BCUT2D eigenvalue weighted by atomic mass is 16.1. The van der Waals surface area contributed by atoms with Crippen molar-refractivity contribution in [2.75, 3.05) is 18.0 Å². The highest BCUT2D eigenvalue weighted by Crippen LogP contribution is 2.27. The first kappa shape index (κ1) is 14.7. The van der Waals surface area contributed by atoms with Crippen LogP contribution in [0.5, 0.6) is 0 Å². The first-order valence-corrected chi connectivity index (χ1v) is 7.66. The van der Waals surface area contributed by atoms with Crippen molar-refractivity contribution < 1.29 is 0 Å². The van der Waals surface area contributed by atoms with Crippen LogP contribution < -0.4 is 10.5 Å². The molecule has 2 aromatic heterocycles. The predicted molar refractivity (Wildman–Crippen MR) is 85.3 cm³/mol. The van der Waals surface area contributed by atoms with Crippen molar-refractivity contribution in [1.82, 2.24) is 19.9 Å². The van der Waals surface area contributed by atoms with Crippen molar-refractivity contribution in [1.29, 1.82) is 0 Å². The molecule has 2 aromatic rings. The van der Waals surface area contributed by atoms with Crippen LogP contribution in [0.2, 0.25) is 0 Å². The van der Waals surface area contributed by atoms with Crippen molar-refractivity contribution in [2.45, 2.75) is 39.5 Å². The third kappa shape index (κ3) is 3.16. The van der Waals surface area contributed by atoms with Crippen LogP contribution in [0.25, 0.3) is 0 Å². The number of hydrogen-bond acceptors (Lipinski definition) is 5. The molecular formula is C16H21N5O. The molecule has 0 spiro atoms. The van der Waals surface area contributed by atoms with E-state index in [0.29, 0.717) is 5.82 Å². The van der Waals surface area contributed by atoms with Crippen LogP contribution in [0.15, 0.2) is 16.9 Å². The van der Waals surface area contributed by atoms with Crippen molar-refractivity contribution in [3.63, 3.8) is 0 Å². The van der Waals surface area contributed by atoms with E-state index in [4.69, 9.17) is 0 Å². The Morgan fingerprint density at radius 2 is 1.86 bits per heavy atom. The third-order valence-corrected chi connectivity index (χ3v) is 3.97. The molecule has 116 valence electrons. The van der Waals surface area contributed by atoms with Gasteiger partial charge >= 0.3 is 0 Å². The number of aryl methyl sites for hydroxylation is 3. The van der Waals surface area contributed by atoms with Gasteiger partial charge in [-0.15, -0.1) is 0 Å². The van der Waals surface area contributed by atoms with Crippen LogP contribution in [0.3, 0.4) is 0 Å². The summed E-state index contributed by atoms with van der Waals surface area (Å²) in [6.45, 7) is 7.54. The van der Waals surface area contributed by atoms with Gasteiger partial charge in [0.1, 0.15) is 5.82 Å². The molecule has 3 rings (SSSR count). The topological polar surface area (TPSA) is 74.8 Å². The van der Waals surface area contributed by atoms with E-state index in [1.54, 1.807) is 6.07 Å². The van der Waals surface area contributed by atoms with Gasteiger partial charge in [0.2, 0.25) is 5.95 Å². The first-order valence-electron chi connectivity index (χ1n) is 7.66. The molecule has 0 saturated carbocycles. The zero-order valence-electron chi connectivity index (χ0n) is 13.3. The summed E-state index contributed by atoms with van der Waals surface area (Å²) in [6.07, 6.45) is 2.09. The molecule has 1 fully saturated rings. The van der Waals surface area contributed by atoms with E-state index in [0.717, 1.165) is 49.0 Å². The van der Waals surface area contributed by atoms with E-state index < -0.39 is 0 Å². The van der Waals surface area contributed by atoms with Crippen molar-refractivity contribution in [3.8, 4) is 0 Å². The summed E-state index contributed by atoms with van der Waals surface area (Å²) in [5, 5.41) is 0. The molecule has 6 heteroatoms. The largest absolute Gasteiger partial charge is 0.340 e. The second kappa shape index (κ2) is 5.87. The maximum atomic E-state index is 11.7. The van der Waals surface area contributed by atoms with Crippen LogP contribution in [0, 0.1) is 20.8 Å². The second-order valence-corrected chi connectivity index (χ2v) is 5.99. The second-order valence-electron chi connectivity index (χ2n) is 5.99. The number of rotatable bonds is 2. The number of anilines is 1. The van der Waals surface area contributed by atoms with Gasteiger partial charge in [0.15, 0.2) is 0 Å². The molecule has 3 heterocycles. The number of nitrogens with zero attached hydrogens (tertiary/aromatic N) is 4. The molecule has 0 aromatic carbocycles. The van der Waals surface area contributed by atoms with Gasteiger partial charge < -0.3 is 9.88 Å². The zero-order valence-corrected chi connectivity index (χ0v) is 13.3. The molecule has 0 bridgehead atoms. The predicted octanol–water partition coefficient (Wildman–Crippen LogP) is 1.87. The molecule has 1 N–H and O–H groups in total. The summed E-state index contributed by atoms with van der Waals surface area (Å²) in [6, 6.07) is 3.59. The Balaban J connectivity index is 1.86. The molecule has 22 heavy (non-hydrogen) atoms. The third-order valence-electron chi connectivity index (χ3n) is 3.97. The van der Waals surface area contributed by atoms with Crippen LogP contribution in [-0.4, -0.2) is 33.0 Å². The number of nitrogens with one attached hydrogen (secondary N) is 1. The van der Waals surface area contributed by atoms with Gasteiger partial charge in [-0.3, -0.25) is 4.79 Å². The lowest BCUT2D eigenvalue weighted by Gasteiger charge is -2.32. The van der Waals surface area contributed by atoms with Gasteiger partial charge in [0, 0.05) is 36.5 Å². The quantitative estimate of drug-likeness (QED) is 0.916. The Labute approximate surface area is 129 Å². The van der Waals surface area contributed by atoms with Crippen LogP contribution >= 0.6 is 0 Å². The van der Waals surface area contributed by atoms with Gasteiger partial charge in [-0.1, -0.05) is 0 Å². The molecular weight excluding hydrogens is 278 g/mol. The first-order chi connectivity index (χ1) is 10.5. The molecule has 1 aliphatic heterocycles. The minimum atomic E-state index is -0.0812. The lowest BCUT2D eigenvalue weighted by atomic mass is 9.94. The Bertz CT molecular complexity index is 719. The zero-order chi connectivity index (χ0) is 15.7. The van der Waals surface area contributed by atoms with Gasteiger partial charge in [-0.05, 0) is 39.7 Å². The standard InChI is InChI=1S/C16H21N5O/c1-10-7-11(2)18-16(17-10)21-6-4-5-13(9-21)14-8-15(22)20-12(3)19-14/h7-8,13H,4-6,9H2,1-3H3,(H,19,20,22). The fraction of sp³-hybridized carbons (Fsp3) is 0.500. The minimum absolute atomic E-state index is 0.0812. The van der Waals surface area contributed by atoms with E-state index in [-0.39, 0.29) is 11.5 Å². The summed E-state index contributed by atoms with van der Waals surface area (Å²) in [7, 11) is 0. The lowest BCUT2D eigenvalue weighted by Crippen LogP contribution is -2.36. The summed E-state index contributed by atoms with van der Waals surface area (Å²) < 4.78 is 0. The van der Waals surface area contributed by atoms with E-state index >= 15 is 0 Å². The van der Waals surface area contributed by atoms with Crippen LogP contribution in [0.1, 0.15) is 41.7 Å². The SMILES string of the molecule is Cc1cc(C)nc(N2CCCC(c3cc(=O)[nH]c(C)n3)C2)n1. The van der Waals surface area contributed by atoms with E-state index in [2.05, 4.69) is 24.8 Å². The van der Waals surface area contributed by atoms with Crippen molar-refractivity contribution in [2.24, 2.45) is 0 Å². The lowest BCUT2D eigenvalue weighted by molar-refractivity contribution is 0.492. The van der Waals surface area contributed by atoms with Gasteiger partial charge in [-0.25, -0.2) is 15.0 Å². The van der Waals surface area contributed by atoms with E-state index in [9.17, 15) is 4.79 Å². The van der Waals surface area contributed by atoms with E-state index in [1.807, 2.05) is 26.8 Å². The van der Waals surface area contributed by atoms with Crippen LogP contribution in [0.4, 0.5) is 5.95 Å². The average molecular weight is 299 g/mol. The summed E-state index contributed by atoms with van der Waals surface area (Å²) in [5.41, 5.74) is 2.75. The molecule has 0 amide bonds. The maximum Gasteiger partial charge on any atom is 0.251 e. The van der Waals surface area contributed by atoms with E-state index in [1.165, 1.54) is 0 Å². The van der Waals surface area contributed by atoms with Gasteiger partial charge in [0.05, 0.1) is 5.69 Å². The molecule has 0 aliphatic carbocycles. The fourth-order valence-electron chi connectivity index (χ4n) is 3.06. The average Bonchev–Trinajstić information content (AvgIpc) is 2.45. The van der Waals surface area contributed by atoms with Crippen LogP contribution in [-0.2, 0) is 0 Å². The fourth-order valence-corrected chi connectivity index (χ4v) is 3.06. The normalized spacial score (nSPS) is 18.5. The molecule has 1 saturated heterocycles. The highest BCUT2D eigenvalue weighted by molar-refractivity contribution is 5.34. The van der Waals surface area contributed by atoms with Crippen molar-refractivity contribution in [3.05, 3.63) is 45.4 Å². The smallest absolute Gasteiger partial charge is 0.251 e. The molecule has 6 nitrogen and oxygen atoms in total. The number of aromatic amines is 1. The summed E-state index contributed by atoms with van der Waals surface area (Å²) in [5.74, 6) is 1.70. The number of H-pyrrole nitrogens is 1. The number of aromatic nitrogens is 4. The summed E-state index contributed by atoms with van der Waals surface area (Å²) >= 11 is 0. The minimum Gasteiger partial charge on any atom is -0.340 e. The maximum absolute atomic E-state index is 11.7. The highest BCUT2D eigenvalue weighted by Gasteiger charge is 2.24. The summed E-state index contributed by atoms with van der Waals surface area (Å²) in [4.78, 5) is 30.2. The Morgan fingerprint density at radius 1 is 1.14 bits per heavy atom. The Kier molecular flexibility index (Phi) is 3.92. The molecule has 1 atom stereocenters. The Morgan fingerprint density at radius 3 is 2.55 bits per heavy atom. The van der Waals surface area contributed by atoms with Gasteiger partial charge in [-0.2, -0.15) is 0 Å². The number of hydrogen-bond donors (Lipinski definition) is 1. The Hall–Kier alpha value is -2.24. The molecule has 1 aliphatic rings.